The summed E-state index contributed by atoms with van der Waals surface area (Å²) >= 11 is 0. The first-order valence-electron chi connectivity index (χ1n) is 11.6. The highest BCUT2D eigenvalue weighted by atomic mass is 19.1. The topological polar surface area (TPSA) is 39.5 Å². The van der Waals surface area contributed by atoms with Gasteiger partial charge >= 0.3 is 0 Å². The highest BCUT2D eigenvalue weighted by Crippen LogP contribution is 2.58. The number of rotatable bonds is 2. The number of ether oxygens (including phenoxy) is 1. The van der Waals surface area contributed by atoms with Gasteiger partial charge in [-0.2, -0.15) is 5.26 Å². The molecule has 2 aliphatic heterocycles. The van der Waals surface area contributed by atoms with E-state index in [0.717, 1.165) is 50.3 Å². The number of hydrogen-bond acceptors (Lipinski definition) is 4. The van der Waals surface area contributed by atoms with Crippen molar-refractivity contribution < 1.29 is 9.13 Å². The molecular formula is C26H28FN3O. The summed E-state index contributed by atoms with van der Waals surface area (Å²) in [5.74, 6) is 1.11. The van der Waals surface area contributed by atoms with Crippen LogP contribution in [0.1, 0.15) is 42.4 Å². The molecule has 2 saturated carbocycles. The van der Waals surface area contributed by atoms with Gasteiger partial charge in [0, 0.05) is 37.9 Å². The summed E-state index contributed by atoms with van der Waals surface area (Å²) < 4.78 is 20.4. The lowest BCUT2D eigenvalue weighted by Crippen LogP contribution is -2.50. The van der Waals surface area contributed by atoms with Crippen molar-refractivity contribution in [3.63, 3.8) is 0 Å². The van der Waals surface area contributed by atoms with Crippen molar-refractivity contribution in [1.29, 1.82) is 5.26 Å². The Labute approximate surface area is 183 Å². The fourth-order valence-corrected chi connectivity index (χ4v) is 6.77. The van der Waals surface area contributed by atoms with Gasteiger partial charge in [0.05, 0.1) is 17.8 Å². The number of anilines is 1. The van der Waals surface area contributed by atoms with Crippen molar-refractivity contribution >= 4 is 5.69 Å². The summed E-state index contributed by atoms with van der Waals surface area (Å²) in [5, 5.41) is 8.94. The minimum atomic E-state index is -0.421. The Morgan fingerprint density at radius 2 is 1.74 bits per heavy atom. The highest BCUT2D eigenvalue weighted by Gasteiger charge is 2.54. The lowest BCUT2D eigenvalue weighted by molar-refractivity contribution is -0.0404. The van der Waals surface area contributed by atoms with Gasteiger partial charge in [-0.1, -0.05) is 24.3 Å². The van der Waals surface area contributed by atoms with E-state index in [-0.39, 0.29) is 11.2 Å². The van der Waals surface area contributed by atoms with Crippen molar-refractivity contribution in [3.8, 4) is 6.07 Å². The summed E-state index contributed by atoms with van der Waals surface area (Å²) in [5.41, 5.74) is 3.82. The van der Waals surface area contributed by atoms with E-state index in [0.29, 0.717) is 6.04 Å². The molecule has 160 valence electrons. The van der Waals surface area contributed by atoms with Gasteiger partial charge < -0.3 is 9.64 Å². The number of piperazine rings is 1. The molecule has 4 atom stereocenters. The van der Waals surface area contributed by atoms with Crippen LogP contribution in [0.5, 0.6) is 0 Å². The number of benzene rings is 2. The summed E-state index contributed by atoms with van der Waals surface area (Å²) in [6, 6.07) is 16.3. The maximum atomic E-state index is 14.0. The van der Waals surface area contributed by atoms with E-state index in [1.807, 2.05) is 12.1 Å². The number of nitriles is 1. The van der Waals surface area contributed by atoms with E-state index >= 15 is 0 Å². The second kappa shape index (κ2) is 7.32. The van der Waals surface area contributed by atoms with Crippen LogP contribution in [0.4, 0.5) is 10.1 Å². The normalized spacial score (nSPS) is 32.3. The zero-order chi connectivity index (χ0) is 21.0. The minimum absolute atomic E-state index is 0.0186. The monoisotopic (exact) mass is 417 g/mol. The van der Waals surface area contributed by atoms with Crippen molar-refractivity contribution in [2.45, 2.75) is 43.9 Å². The molecule has 31 heavy (non-hydrogen) atoms. The van der Waals surface area contributed by atoms with Crippen LogP contribution in [-0.4, -0.2) is 37.1 Å². The molecule has 2 heterocycles. The Hall–Kier alpha value is -2.42. The Kier molecular flexibility index (Phi) is 4.55. The maximum Gasteiger partial charge on any atom is 0.143 e. The van der Waals surface area contributed by atoms with Crippen LogP contribution in [0, 0.1) is 29.0 Å². The van der Waals surface area contributed by atoms with Gasteiger partial charge in [0.15, 0.2) is 0 Å². The molecule has 0 aromatic heterocycles. The van der Waals surface area contributed by atoms with Crippen LogP contribution in [-0.2, 0) is 16.9 Å². The molecule has 0 amide bonds. The number of fused-ring (bicyclic) bond motifs is 3. The average Bonchev–Trinajstić information content (AvgIpc) is 3.46. The smallest absolute Gasteiger partial charge is 0.143 e. The van der Waals surface area contributed by atoms with Crippen molar-refractivity contribution in [2.24, 2.45) is 11.8 Å². The summed E-state index contributed by atoms with van der Waals surface area (Å²) in [6.45, 7) is 4.65. The molecule has 4 nitrogen and oxygen atoms in total. The van der Waals surface area contributed by atoms with Gasteiger partial charge in [-0.25, -0.2) is 4.39 Å². The van der Waals surface area contributed by atoms with E-state index in [9.17, 15) is 4.39 Å². The molecule has 0 N–H and O–H groups in total. The van der Waals surface area contributed by atoms with Crippen molar-refractivity contribution in [3.05, 3.63) is 65.0 Å². The summed E-state index contributed by atoms with van der Waals surface area (Å²) in [4.78, 5) is 4.90. The van der Waals surface area contributed by atoms with Crippen LogP contribution in [0.25, 0.3) is 0 Å². The molecule has 0 radical (unpaired) electrons. The molecule has 5 heteroatoms. The third kappa shape index (κ3) is 3.16. The Morgan fingerprint density at radius 3 is 2.45 bits per heavy atom. The molecule has 2 aromatic carbocycles. The second-order valence-electron chi connectivity index (χ2n) is 9.79. The van der Waals surface area contributed by atoms with Crippen LogP contribution >= 0.6 is 0 Å². The lowest BCUT2D eigenvalue weighted by atomic mass is 9.88. The third-order valence-electron chi connectivity index (χ3n) is 8.28. The first kappa shape index (κ1) is 19.3. The number of nitrogens with zero attached hydrogens (tertiary/aromatic N) is 3. The predicted octanol–water partition coefficient (Wildman–Crippen LogP) is 4.43. The molecule has 2 aliphatic carbocycles. The van der Waals surface area contributed by atoms with Crippen molar-refractivity contribution in [1.82, 2.24) is 4.90 Å². The van der Waals surface area contributed by atoms with Gasteiger partial charge in [0.2, 0.25) is 0 Å². The number of hydrogen-bond donors (Lipinski definition) is 0. The van der Waals surface area contributed by atoms with E-state index < -0.39 is 5.82 Å². The zero-order valence-electron chi connectivity index (χ0n) is 17.8. The molecule has 2 unspecified atom stereocenters. The molecule has 2 aromatic rings. The Morgan fingerprint density at radius 1 is 1.00 bits per heavy atom. The number of halogens is 1. The molecular weight excluding hydrogens is 389 g/mol. The van der Waals surface area contributed by atoms with Gasteiger partial charge in [0.1, 0.15) is 11.9 Å². The van der Waals surface area contributed by atoms with Crippen molar-refractivity contribution in [2.75, 3.05) is 31.1 Å². The lowest BCUT2D eigenvalue weighted by Gasteiger charge is -2.39. The third-order valence-corrected chi connectivity index (χ3v) is 8.28. The zero-order valence-corrected chi connectivity index (χ0v) is 17.8. The molecule has 4 aliphatic rings. The minimum Gasteiger partial charge on any atom is -0.369 e. The largest absolute Gasteiger partial charge is 0.369 e. The SMILES string of the molecule is N#Cc1ccc(N2CCN(C3C[C@@H]4CC5(C[C@@H]4C3)OCc3ccccc35)CC2)cc1F. The Bertz CT molecular complexity index is 1030. The highest BCUT2D eigenvalue weighted by molar-refractivity contribution is 5.51. The standard InChI is InChI=1S/C26H28FN3O/c27-25-13-22(6-5-18(25)16-28)29-7-9-30(10-8-29)23-11-20-14-26(15-21(20)12-23)24-4-2-1-3-19(24)17-31-26/h1-6,13,20-21,23H,7-12,14-15,17H2/t20-,21+,23?,26?. The van der Waals surface area contributed by atoms with Crippen LogP contribution in [0.3, 0.4) is 0 Å². The summed E-state index contributed by atoms with van der Waals surface area (Å²) in [6.07, 6.45) is 4.91. The quantitative estimate of drug-likeness (QED) is 0.725. The van der Waals surface area contributed by atoms with Gasteiger partial charge in [-0.05, 0) is 66.8 Å². The van der Waals surface area contributed by atoms with E-state index in [2.05, 4.69) is 34.1 Å². The van der Waals surface area contributed by atoms with E-state index in [4.69, 9.17) is 10.00 Å². The first-order valence-corrected chi connectivity index (χ1v) is 11.6. The summed E-state index contributed by atoms with van der Waals surface area (Å²) in [7, 11) is 0. The second-order valence-corrected chi connectivity index (χ2v) is 9.79. The molecule has 3 fully saturated rings. The van der Waals surface area contributed by atoms with E-state index in [1.54, 1.807) is 6.07 Å². The first-order chi connectivity index (χ1) is 15.1. The van der Waals surface area contributed by atoms with Crippen LogP contribution in [0.15, 0.2) is 42.5 Å². The van der Waals surface area contributed by atoms with Crippen LogP contribution < -0.4 is 4.90 Å². The molecule has 6 rings (SSSR count). The van der Waals surface area contributed by atoms with Gasteiger partial charge in [0.25, 0.3) is 0 Å². The average molecular weight is 418 g/mol. The van der Waals surface area contributed by atoms with E-state index in [1.165, 1.54) is 42.9 Å². The van der Waals surface area contributed by atoms with Gasteiger partial charge in [-0.15, -0.1) is 0 Å². The van der Waals surface area contributed by atoms with Gasteiger partial charge in [-0.3, -0.25) is 4.90 Å². The Balaban J connectivity index is 1.07. The maximum absolute atomic E-state index is 14.0. The fraction of sp³-hybridized carbons (Fsp3) is 0.500. The predicted molar refractivity (Wildman–Crippen MR) is 117 cm³/mol. The molecule has 1 spiro atoms. The molecule has 0 bridgehead atoms. The molecule has 1 saturated heterocycles. The fourth-order valence-electron chi connectivity index (χ4n) is 6.77. The van der Waals surface area contributed by atoms with Crippen LogP contribution in [0.2, 0.25) is 0 Å².